The summed E-state index contributed by atoms with van der Waals surface area (Å²) >= 11 is 0. The van der Waals surface area contributed by atoms with Gasteiger partial charge in [0.15, 0.2) is 0 Å². The van der Waals surface area contributed by atoms with Gasteiger partial charge in [0.25, 0.3) is 11.5 Å². The van der Waals surface area contributed by atoms with Crippen molar-refractivity contribution in [3.8, 4) is 0 Å². The predicted octanol–water partition coefficient (Wildman–Crippen LogP) is 1.39. The number of aromatic nitrogens is 1. The van der Waals surface area contributed by atoms with Crippen LogP contribution in [0.5, 0.6) is 0 Å². The van der Waals surface area contributed by atoms with Gasteiger partial charge in [-0.05, 0) is 37.4 Å². The quantitative estimate of drug-likeness (QED) is 0.926. The Morgan fingerprint density at radius 1 is 1.00 bits per heavy atom. The van der Waals surface area contributed by atoms with Crippen LogP contribution in [0.1, 0.15) is 10.4 Å². The summed E-state index contributed by atoms with van der Waals surface area (Å²) in [5.41, 5.74) is 2.04. The number of carbonyl (C=O) groups excluding carboxylic acids is 1. The molecule has 2 heterocycles. The zero-order chi connectivity index (χ0) is 17.1. The SMILES string of the molecule is CN1CCN(c2ccc(NC(=O)c3ccn(C)c(=O)c3)cc2)CC1. The van der Waals surface area contributed by atoms with Crippen LogP contribution in [0.25, 0.3) is 0 Å². The summed E-state index contributed by atoms with van der Waals surface area (Å²) in [5.74, 6) is -0.278. The molecule has 24 heavy (non-hydrogen) atoms. The molecule has 0 aliphatic carbocycles. The van der Waals surface area contributed by atoms with Gasteiger partial charge < -0.3 is 19.7 Å². The second kappa shape index (κ2) is 6.88. The molecule has 1 amide bonds. The topological polar surface area (TPSA) is 57.6 Å². The number of anilines is 2. The summed E-state index contributed by atoms with van der Waals surface area (Å²) in [6.45, 7) is 4.13. The first-order valence-electron chi connectivity index (χ1n) is 8.04. The second-order valence-corrected chi connectivity index (χ2v) is 6.16. The lowest BCUT2D eigenvalue weighted by Gasteiger charge is -2.34. The van der Waals surface area contributed by atoms with Gasteiger partial charge in [0.05, 0.1) is 0 Å². The average molecular weight is 326 g/mol. The van der Waals surface area contributed by atoms with Gasteiger partial charge in [0.2, 0.25) is 0 Å². The van der Waals surface area contributed by atoms with Gasteiger partial charge in [-0.2, -0.15) is 0 Å². The monoisotopic (exact) mass is 326 g/mol. The Balaban J connectivity index is 1.66. The Morgan fingerprint density at radius 2 is 1.67 bits per heavy atom. The first-order valence-corrected chi connectivity index (χ1v) is 8.04. The number of nitrogens with zero attached hydrogens (tertiary/aromatic N) is 3. The van der Waals surface area contributed by atoms with Crippen molar-refractivity contribution in [3.05, 3.63) is 58.5 Å². The lowest BCUT2D eigenvalue weighted by molar-refractivity contribution is 0.102. The Hall–Kier alpha value is -2.60. The van der Waals surface area contributed by atoms with E-state index in [4.69, 9.17) is 0 Å². The highest BCUT2D eigenvalue weighted by Crippen LogP contribution is 2.19. The minimum Gasteiger partial charge on any atom is -0.369 e. The van der Waals surface area contributed by atoms with E-state index in [1.165, 1.54) is 10.6 Å². The molecule has 1 aliphatic heterocycles. The molecule has 1 fully saturated rings. The van der Waals surface area contributed by atoms with Crippen LogP contribution in [0.4, 0.5) is 11.4 Å². The fourth-order valence-corrected chi connectivity index (χ4v) is 2.71. The van der Waals surface area contributed by atoms with Crippen LogP contribution in [-0.4, -0.2) is 48.6 Å². The van der Waals surface area contributed by atoms with Gasteiger partial charge >= 0.3 is 0 Å². The van der Waals surface area contributed by atoms with E-state index < -0.39 is 0 Å². The molecule has 3 rings (SSSR count). The van der Waals surface area contributed by atoms with Gasteiger partial charge in [-0.25, -0.2) is 0 Å². The Morgan fingerprint density at radius 3 is 2.29 bits per heavy atom. The van der Waals surface area contributed by atoms with Gasteiger partial charge in [-0.15, -0.1) is 0 Å². The van der Waals surface area contributed by atoms with E-state index in [1.54, 1.807) is 19.3 Å². The molecule has 1 saturated heterocycles. The fourth-order valence-electron chi connectivity index (χ4n) is 2.71. The number of pyridine rings is 1. The molecular weight excluding hydrogens is 304 g/mol. The largest absolute Gasteiger partial charge is 0.369 e. The number of amides is 1. The van der Waals surface area contributed by atoms with Crippen molar-refractivity contribution in [2.45, 2.75) is 0 Å². The fraction of sp³-hybridized carbons (Fsp3) is 0.333. The number of benzene rings is 1. The zero-order valence-corrected chi connectivity index (χ0v) is 14.0. The van der Waals surface area contributed by atoms with Crippen molar-refractivity contribution in [1.82, 2.24) is 9.47 Å². The van der Waals surface area contributed by atoms with Crippen LogP contribution < -0.4 is 15.8 Å². The van der Waals surface area contributed by atoms with Crippen molar-refractivity contribution in [2.24, 2.45) is 7.05 Å². The average Bonchev–Trinajstić information content (AvgIpc) is 2.59. The number of carbonyl (C=O) groups is 1. The van der Waals surface area contributed by atoms with Crippen molar-refractivity contribution in [2.75, 3.05) is 43.4 Å². The van der Waals surface area contributed by atoms with E-state index in [-0.39, 0.29) is 11.5 Å². The van der Waals surface area contributed by atoms with Gasteiger partial charge in [-0.1, -0.05) is 0 Å². The predicted molar refractivity (Wildman–Crippen MR) is 95.8 cm³/mol. The van der Waals surface area contributed by atoms with Crippen LogP contribution >= 0.6 is 0 Å². The molecule has 0 unspecified atom stereocenters. The minimum atomic E-state index is -0.278. The summed E-state index contributed by atoms with van der Waals surface area (Å²) in [4.78, 5) is 28.5. The molecule has 0 radical (unpaired) electrons. The summed E-state index contributed by atoms with van der Waals surface area (Å²) in [6.07, 6.45) is 1.59. The van der Waals surface area contributed by atoms with Crippen LogP contribution in [0.2, 0.25) is 0 Å². The van der Waals surface area contributed by atoms with Crippen molar-refractivity contribution < 1.29 is 4.79 Å². The number of hydrogen-bond donors (Lipinski definition) is 1. The number of aryl methyl sites for hydroxylation is 1. The molecule has 0 saturated carbocycles. The van der Waals surface area contributed by atoms with E-state index in [9.17, 15) is 9.59 Å². The van der Waals surface area contributed by atoms with E-state index in [0.29, 0.717) is 5.56 Å². The van der Waals surface area contributed by atoms with Gasteiger partial charge in [-0.3, -0.25) is 9.59 Å². The molecule has 0 atom stereocenters. The number of rotatable bonds is 3. The molecule has 1 N–H and O–H groups in total. The maximum Gasteiger partial charge on any atom is 0.255 e. The molecule has 2 aromatic rings. The first kappa shape index (κ1) is 16.3. The number of hydrogen-bond acceptors (Lipinski definition) is 4. The third-order valence-electron chi connectivity index (χ3n) is 4.36. The minimum absolute atomic E-state index is 0.201. The van der Waals surface area contributed by atoms with Crippen molar-refractivity contribution in [3.63, 3.8) is 0 Å². The molecule has 126 valence electrons. The highest BCUT2D eigenvalue weighted by molar-refractivity contribution is 6.04. The Labute approximate surface area is 141 Å². The standard InChI is InChI=1S/C18H22N4O2/c1-20-9-11-22(12-10-20)16-5-3-15(4-6-16)19-18(24)14-7-8-21(2)17(23)13-14/h3-8,13H,9-12H2,1-2H3,(H,19,24). The molecule has 6 heteroatoms. The number of nitrogens with one attached hydrogen (secondary N) is 1. The molecule has 1 aliphatic rings. The smallest absolute Gasteiger partial charge is 0.255 e. The lowest BCUT2D eigenvalue weighted by atomic mass is 10.2. The van der Waals surface area contributed by atoms with E-state index in [1.807, 2.05) is 24.3 Å². The number of likely N-dealkylation sites (N-methyl/N-ethyl adjacent to an activating group) is 1. The Kier molecular flexibility index (Phi) is 4.66. The highest BCUT2D eigenvalue weighted by atomic mass is 16.2. The normalized spacial score (nSPS) is 15.3. The van der Waals surface area contributed by atoms with Crippen LogP contribution in [-0.2, 0) is 7.05 Å². The summed E-state index contributed by atoms with van der Waals surface area (Å²) < 4.78 is 1.43. The molecule has 0 spiro atoms. The first-order chi connectivity index (χ1) is 11.5. The zero-order valence-electron chi connectivity index (χ0n) is 14.0. The summed E-state index contributed by atoms with van der Waals surface area (Å²) in [6, 6.07) is 10.8. The molecular formula is C18H22N4O2. The van der Waals surface area contributed by atoms with Crippen molar-refractivity contribution in [1.29, 1.82) is 0 Å². The Bertz CT molecular complexity index is 774. The third kappa shape index (κ3) is 3.65. The van der Waals surface area contributed by atoms with Gasteiger partial charge in [0, 0.05) is 62.4 Å². The number of piperazine rings is 1. The van der Waals surface area contributed by atoms with Gasteiger partial charge in [0.1, 0.15) is 0 Å². The molecule has 0 bridgehead atoms. The summed E-state index contributed by atoms with van der Waals surface area (Å²) in [5, 5.41) is 2.83. The maximum atomic E-state index is 12.2. The van der Waals surface area contributed by atoms with E-state index in [0.717, 1.165) is 37.6 Å². The molecule has 6 nitrogen and oxygen atoms in total. The summed E-state index contributed by atoms with van der Waals surface area (Å²) in [7, 11) is 3.79. The van der Waals surface area contributed by atoms with E-state index in [2.05, 4.69) is 22.2 Å². The lowest BCUT2D eigenvalue weighted by Crippen LogP contribution is -2.44. The second-order valence-electron chi connectivity index (χ2n) is 6.16. The molecule has 1 aromatic heterocycles. The van der Waals surface area contributed by atoms with Crippen LogP contribution in [0.3, 0.4) is 0 Å². The molecule has 1 aromatic carbocycles. The van der Waals surface area contributed by atoms with Crippen LogP contribution in [0, 0.1) is 0 Å². The van der Waals surface area contributed by atoms with Crippen LogP contribution in [0.15, 0.2) is 47.4 Å². The van der Waals surface area contributed by atoms with E-state index >= 15 is 0 Å². The highest BCUT2D eigenvalue weighted by Gasteiger charge is 2.14. The maximum absolute atomic E-state index is 12.2. The third-order valence-corrected chi connectivity index (χ3v) is 4.36. The van der Waals surface area contributed by atoms with Crippen molar-refractivity contribution >= 4 is 17.3 Å².